The van der Waals surface area contributed by atoms with E-state index in [1.165, 1.54) is 0 Å². The summed E-state index contributed by atoms with van der Waals surface area (Å²) in [5, 5.41) is 9.08. The van der Waals surface area contributed by atoms with Crippen LogP contribution in [-0.4, -0.2) is 69.6 Å². The molecule has 1 saturated heterocycles. The summed E-state index contributed by atoms with van der Waals surface area (Å²) in [6.45, 7) is 2.71. The SMILES string of the molecule is CN(C)CCNc1ncc(O[C@@H](c2ncnc3[nH]cnc23)C2CCCN2)c2ccccc12. The van der Waals surface area contributed by atoms with E-state index in [1.807, 2.05) is 18.3 Å². The molecule has 32 heavy (non-hydrogen) atoms. The summed E-state index contributed by atoms with van der Waals surface area (Å²) < 4.78 is 6.67. The van der Waals surface area contributed by atoms with Crippen molar-refractivity contribution >= 4 is 27.8 Å². The molecular weight excluding hydrogens is 404 g/mol. The monoisotopic (exact) mass is 432 g/mol. The Hall–Kier alpha value is -3.30. The molecule has 0 bridgehead atoms. The minimum Gasteiger partial charge on any atom is -0.480 e. The lowest BCUT2D eigenvalue weighted by atomic mass is 10.0. The predicted molar refractivity (Wildman–Crippen MR) is 125 cm³/mol. The Morgan fingerprint density at radius 1 is 1.16 bits per heavy atom. The number of hydrogen-bond acceptors (Lipinski definition) is 8. The van der Waals surface area contributed by atoms with Gasteiger partial charge in [0, 0.05) is 23.9 Å². The summed E-state index contributed by atoms with van der Waals surface area (Å²) in [6.07, 6.45) is 6.83. The summed E-state index contributed by atoms with van der Waals surface area (Å²) >= 11 is 0. The van der Waals surface area contributed by atoms with Crippen LogP contribution in [-0.2, 0) is 0 Å². The van der Waals surface area contributed by atoms with Gasteiger partial charge in [-0.2, -0.15) is 0 Å². The highest BCUT2D eigenvalue weighted by Crippen LogP contribution is 2.35. The molecule has 9 heteroatoms. The van der Waals surface area contributed by atoms with Gasteiger partial charge in [-0.25, -0.2) is 19.9 Å². The number of aromatic nitrogens is 5. The second-order valence-corrected chi connectivity index (χ2v) is 8.35. The number of hydrogen-bond donors (Lipinski definition) is 3. The van der Waals surface area contributed by atoms with Gasteiger partial charge < -0.3 is 25.3 Å². The van der Waals surface area contributed by atoms with Gasteiger partial charge in [-0.3, -0.25) is 0 Å². The number of fused-ring (bicyclic) bond motifs is 2. The number of pyridine rings is 1. The summed E-state index contributed by atoms with van der Waals surface area (Å²) in [7, 11) is 4.12. The molecule has 1 unspecified atom stereocenters. The molecule has 1 aliphatic heterocycles. The largest absolute Gasteiger partial charge is 0.480 e. The summed E-state index contributed by atoms with van der Waals surface area (Å²) in [6, 6.07) is 8.34. The molecule has 2 atom stereocenters. The predicted octanol–water partition coefficient (Wildman–Crippen LogP) is 2.75. The molecule has 0 saturated carbocycles. The summed E-state index contributed by atoms with van der Waals surface area (Å²) in [5.74, 6) is 1.60. The van der Waals surface area contributed by atoms with Crippen molar-refractivity contribution in [3.63, 3.8) is 0 Å². The molecule has 4 heterocycles. The normalized spacial score (nSPS) is 17.3. The van der Waals surface area contributed by atoms with Gasteiger partial charge in [-0.1, -0.05) is 24.3 Å². The fourth-order valence-electron chi connectivity index (χ4n) is 4.23. The van der Waals surface area contributed by atoms with Crippen molar-refractivity contribution in [3.8, 4) is 5.75 Å². The number of anilines is 1. The van der Waals surface area contributed by atoms with Crippen LogP contribution >= 0.6 is 0 Å². The number of aromatic amines is 1. The number of nitrogens with zero attached hydrogens (tertiary/aromatic N) is 5. The standard InChI is InChI=1S/C23H28N8O/c1-31(2)11-10-25-22-16-7-4-3-6-15(16)18(12-26-22)32-21(17-8-5-9-24-17)19-20-23(29-13-27-19)30-14-28-20/h3-4,6-7,12-14,17,21,24H,5,8-11H2,1-2H3,(H,25,26)(H,27,28,29,30)/t17?,21-/m1/s1. The van der Waals surface area contributed by atoms with Crippen LogP contribution in [0.1, 0.15) is 24.6 Å². The van der Waals surface area contributed by atoms with Gasteiger partial charge in [0.05, 0.1) is 18.6 Å². The van der Waals surface area contributed by atoms with Crippen molar-refractivity contribution in [1.29, 1.82) is 0 Å². The summed E-state index contributed by atoms with van der Waals surface area (Å²) in [5.41, 5.74) is 2.24. The lowest BCUT2D eigenvalue weighted by Gasteiger charge is -2.25. The van der Waals surface area contributed by atoms with Crippen LogP contribution in [0.3, 0.4) is 0 Å². The van der Waals surface area contributed by atoms with E-state index in [0.29, 0.717) is 5.65 Å². The molecule has 5 rings (SSSR count). The minimum absolute atomic E-state index is 0.140. The van der Waals surface area contributed by atoms with Gasteiger partial charge in [0.25, 0.3) is 0 Å². The van der Waals surface area contributed by atoms with Gasteiger partial charge in [-0.15, -0.1) is 0 Å². The van der Waals surface area contributed by atoms with Crippen molar-refractivity contribution in [3.05, 3.63) is 48.8 Å². The number of nitrogens with one attached hydrogen (secondary N) is 3. The van der Waals surface area contributed by atoms with E-state index in [9.17, 15) is 0 Å². The van der Waals surface area contributed by atoms with Crippen LogP contribution in [0.4, 0.5) is 5.82 Å². The van der Waals surface area contributed by atoms with Gasteiger partial charge in [0.2, 0.25) is 0 Å². The lowest BCUT2D eigenvalue weighted by molar-refractivity contribution is 0.162. The average molecular weight is 433 g/mol. The maximum absolute atomic E-state index is 6.67. The molecule has 1 fully saturated rings. The van der Waals surface area contributed by atoms with Crippen LogP contribution < -0.4 is 15.4 Å². The van der Waals surface area contributed by atoms with E-state index < -0.39 is 0 Å². The Morgan fingerprint density at radius 3 is 2.84 bits per heavy atom. The Kier molecular flexibility index (Phi) is 5.83. The second kappa shape index (κ2) is 9.05. The molecule has 0 amide bonds. The van der Waals surface area contributed by atoms with E-state index in [2.05, 4.69) is 61.7 Å². The van der Waals surface area contributed by atoms with Gasteiger partial charge in [0.1, 0.15) is 29.1 Å². The third-order valence-corrected chi connectivity index (χ3v) is 5.84. The molecule has 3 aromatic heterocycles. The van der Waals surface area contributed by atoms with Gasteiger partial charge in [-0.05, 0) is 33.5 Å². The topological polar surface area (TPSA) is 104 Å². The van der Waals surface area contributed by atoms with E-state index in [-0.39, 0.29) is 12.1 Å². The van der Waals surface area contributed by atoms with Crippen molar-refractivity contribution in [1.82, 2.24) is 35.1 Å². The van der Waals surface area contributed by atoms with Crippen molar-refractivity contribution in [2.75, 3.05) is 39.0 Å². The first-order valence-corrected chi connectivity index (χ1v) is 11.0. The van der Waals surface area contributed by atoms with Crippen molar-refractivity contribution in [2.24, 2.45) is 0 Å². The third-order valence-electron chi connectivity index (χ3n) is 5.84. The molecule has 4 aromatic rings. The third kappa shape index (κ3) is 4.09. The van der Waals surface area contributed by atoms with Crippen LogP contribution in [0.2, 0.25) is 0 Å². The Balaban J connectivity index is 1.51. The second-order valence-electron chi connectivity index (χ2n) is 8.35. The quantitative estimate of drug-likeness (QED) is 0.390. The fourth-order valence-corrected chi connectivity index (χ4v) is 4.23. The van der Waals surface area contributed by atoms with E-state index in [0.717, 1.165) is 66.0 Å². The molecule has 3 N–H and O–H groups in total. The maximum Gasteiger partial charge on any atom is 0.160 e. The Bertz CT molecular complexity index is 1200. The average Bonchev–Trinajstić information content (AvgIpc) is 3.50. The summed E-state index contributed by atoms with van der Waals surface area (Å²) in [4.78, 5) is 23.2. The molecule has 1 aromatic carbocycles. The molecule has 0 radical (unpaired) electrons. The molecule has 0 spiro atoms. The number of likely N-dealkylation sites (N-methyl/N-ethyl adjacent to an activating group) is 1. The van der Waals surface area contributed by atoms with Crippen molar-refractivity contribution in [2.45, 2.75) is 25.0 Å². The maximum atomic E-state index is 6.67. The minimum atomic E-state index is -0.302. The highest BCUT2D eigenvalue weighted by atomic mass is 16.5. The van der Waals surface area contributed by atoms with Crippen LogP contribution in [0, 0.1) is 0 Å². The van der Waals surface area contributed by atoms with E-state index in [4.69, 9.17) is 9.72 Å². The molecular formula is C23H28N8O. The zero-order valence-corrected chi connectivity index (χ0v) is 18.4. The van der Waals surface area contributed by atoms with Crippen LogP contribution in [0.5, 0.6) is 5.75 Å². The Morgan fingerprint density at radius 2 is 2.03 bits per heavy atom. The molecule has 0 aliphatic carbocycles. The highest BCUT2D eigenvalue weighted by Gasteiger charge is 2.32. The lowest BCUT2D eigenvalue weighted by Crippen LogP contribution is -2.33. The van der Waals surface area contributed by atoms with Crippen molar-refractivity contribution < 1.29 is 4.74 Å². The first kappa shape index (κ1) is 20.6. The van der Waals surface area contributed by atoms with Crippen LogP contribution in [0.15, 0.2) is 43.1 Å². The van der Waals surface area contributed by atoms with E-state index in [1.54, 1.807) is 12.7 Å². The number of H-pyrrole nitrogens is 1. The number of benzene rings is 1. The van der Waals surface area contributed by atoms with Crippen LogP contribution in [0.25, 0.3) is 21.9 Å². The van der Waals surface area contributed by atoms with E-state index >= 15 is 0 Å². The molecule has 166 valence electrons. The highest BCUT2D eigenvalue weighted by molar-refractivity contribution is 5.95. The van der Waals surface area contributed by atoms with Gasteiger partial charge in [0.15, 0.2) is 11.8 Å². The zero-order valence-electron chi connectivity index (χ0n) is 18.4. The molecule has 9 nitrogen and oxygen atoms in total. The number of rotatable bonds is 8. The smallest absolute Gasteiger partial charge is 0.160 e. The number of ether oxygens (including phenoxy) is 1. The number of imidazole rings is 1. The van der Waals surface area contributed by atoms with Gasteiger partial charge >= 0.3 is 0 Å². The Labute approximate surface area is 186 Å². The fraction of sp³-hybridized carbons (Fsp3) is 0.391. The zero-order chi connectivity index (χ0) is 21.9. The first-order chi connectivity index (χ1) is 15.7. The molecule has 1 aliphatic rings. The first-order valence-electron chi connectivity index (χ1n) is 11.0.